The van der Waals surface area contributed by atoms with E-state index in [9.17, 15) is 19.5 Å². The van der Waals surface area contributed by atoms with Gasteiger partial charge in [0.05, 0.1) is 18.6 Å². The molecule has 30 heavy (non-hydrogen) atoms. The van der Waals surface area contributed by atoms with Crippen molar-refractivity contribution in [2.45, 2.75) is 57.5 Å². The van der Waals surface area contributed by atoms with E-state index in [1.54, 1.807) is 36.3 Å². The number of ether oxygens (including phenoxy) is 1. The molecule has 7 heteroatoms. The van der Waals surface area contributed by atoms with Crippen molar-refractivity contribution in [1.29, 1.82) is 0 Å². The summed E-state index contributed by atoms with van der Waals surface area (Å²) in [7, 11) is 1.56. The first-order valence-electron chi connectivity index (χ1n) is 10.7. The van der Waals surface area contributed by atoms with Crippen LogP contribution in [-0.2, 0) is 19.8 Å². The van der Waals surface area contributed by atoms with E-state index in [0.717, 1.165) is 12.8 Å². The Labute approximate surface area is 178 Å². The highest BCUT2D eigenvalue weighted by Crippen LogP contribution is 2.41. The number of hydrogen-bond donors (Lipinski definition) is 1. The lowest BCUT2D eigenvalue weighted by atomic mass is 9.75. The van der Waals surface area contributed by atoms with Crippen LogP contribution in [0, 0.1) is 5.92 Å². The molecule has 0 aromatic heterocycles. The predicted molar refractivity (Wildman–Crippen MR) is 112 cm³/mol. The molecular weight excluding hydrogens is 384 g/mol. The van der Waals surface area contributed by atoms with Gasteiger partial charge in [-0.2, -0.15) is 0 Å². The van der Waals surface area contributed by atoms with Crippen LogP contribution < -0.4 is 4.74 Å². The Morgan fingerprint density at radius 3 is 2.57 bits per heavy atom. The fraction of sp³-hybridized carbons (Fsp3) is 0.609. The fourth-order valence-electron chi connectivity index (χ4n) is 4.34. The number of rotatable bonds is 7. The van der Waals surface area contributed by atoms with Gasteiger partial charge in [0.15, 0.2) is 0 Å². The molecule has 7 nitrogen and oxygen atoms in total. The Morgan fingerprint density at radius 1 is 1.27 bits per heavy atom. The average Bonchev–Trinajstić information content (AvgIpc) is 2.96. The molecule has 0 unspecified atom stereocenters. The summed E-state index contributed by atoms with van der Waals surface area (Å²) < 4.78 is 5.22. The highest BCUT2D eigenvalue weighted by atomic mass is 16.5. The number of nitrogens with zero attached hydrogens (tertiary/aromatic N) is 2. The summed E-state index contributed by atoms with van der Waals surface area (Å²) in [6.07, 6.45) is 1.50. The number of hydrogen-bond acceptors (Lipinski definition) is 5. The Kier molecular flexibility index (Phi) is 6.81. The Bertz CT molecular complexity index is 791. The maximum atomic E-state index is 13.5. The molecule has 1 N–H and O–H groups in total. The van der Waals surface area contributed by atoms with Crippen LogP contribution >= 0.6 is 0 Å². The van der Waals surface area contributed by atoms with Crippen molar-refractivity contribution in [1.82, 2.24) is 9.80 Å². The van der Waals surface area contributed by atoms with Gasteiger partial charge in [0, 0.05) is 32.5 Å². The van der Waals surface area contributed by atoms with E-state index in [1.165, 1.54) is 4.90 Å². The molecule has 0 radical (unpaired) electrons. The predicted octanol–water partition coefficient (Wildman–Crippen LogP) is 2.11. The molecule has 0 spiro atoms. The van der Waals surface area contributed by atoms with Gasteiger partial charge >= 0.3 is 0 Å². The molecule has 2 fully saturated rings. The molecule has 0 saturated carbocycles. The van der Waals surface area contributed by atoms with Crippen LogP contribution in [0.5, 0.6) is 5.75 Å². The van der Waals surface area contributed by atoms with Gasteiger partial charge in [-0.15, -0.1) is 0 Å². The smallest absolute Gasteiger partial charge is 0.240 e. The van der Waals surface area contributed by atoms with Crippen molar-refractivity contribution in [2.75, 3.05) is 26.7 Å². The second-order valence-corrected chi connectivity index (χ2v) is 8.83. The maximum Gasteiger partial charge on any atom is 0.240 e. The maximum absolute atomic E-state index is 13.5. The number of carbonyl (C=O) groups excluding carboxylic acids is 3. The second kappa shape index (κ2) is 9.16. The lowest BCUT2D eigenvalue weighted by Gasteiger charge is -2.34. The molecule has 3 rings (SSSR count). The van der Waals surface area contributed by atoms with Crippen LogP contribution in [0.3, 0.4) is 0 Å². The third kappa shape index (κ3) is 4.51. The first-order valence-corrected chi connectivity index (χ1v) is 10.7. The summed E-state index contributed by atoms with van der Waals surface area (Å²) in [5.41, 5.74) is -0.556. The van der Waals surface area contributed by atoms with E-state index in [2.05, 4.69) is 0 Å². The number of aliphatic hydroxyl groups is 1. The van der Waals surface area contributed by atoms with Crippen LogP contribution in [0.2, 0.25) is 0 Å². The highest BCUT2D eigenvalue weighted by molar-refractivity contribution is 6.10. The van der Waals surface area contributed by atoms with Crippen LogP contribution in [0.1, 0.15) is 51.5 Å². The number of amides is 3. The van der Waals surface area contributed by atoms with Gasteiger partial charge in [-0.05, 0) is 42.9 Å². The van der Waals surface area contributed by atoms with Crippen LogP contribution in [0.4, 0.5) is 0 Å². The van der Waals surface area contributed by atoms with Gasteiger partial charge in [-0.3, -0.25) is 19.3 Å². The van der Waals surface area contributed by atoms with Crippen LogP contribution in [-0.4, -0.2) is 65.5 Å². The third-order valence-electron chi connectivity index (χ3n) is 6.18. The van der Waals surface area contributed by atoms with Gasteiger partial charge in [-0.25, -0.2) is 0 Å². The summed E-state index contributed by atoms with van der Waals surface area (Å²) in [5.74, 6) is 0.273. The molecule has 164 valence electrons. The molecule has 1 aromatic carbocycles. The van der Waals surface area contributed by atoms with E-state index >= 15 is 0 Å². The number of aliphatic hydroxyl groups excluding tert-OH is 1. The second-order valence-electron chi connectivity index (χ2n) is 8.83. The molecule has 1 aromatic rings. The number of methoxy groups -OCH3 is 1. The van der Waals surface area contributed by atoms with Gasteiger partial charge in [0.2, 0.25) is 17.7 Å². The topological polar surface area (TPSA) is 87.2 Å². The summed E-state index contributed by atoms with van der Waals surface area (Å²) in [4.78, 5) is 42.5. The molecular formula is C23H32N2O5. The molecule has 2 aliphatic rings. The molecule has 2 atom stereocenters. The van der Waals surface area contributed by atoms with Crippen molar-refractivity contribution in [2.24, 2.45) is 5.92 Å². The van der Waals surface area contributed by atoms with Crippen LogP contribution in [0.15, 0.2) is 24.3 Å². The number of carbonyl (C=O) groups is 3. The largest absolute Gasteiger partial charge is 0.497 e. The van der Waals surface area contributed by atoms with Gasteiger partial charge in [0.1, 0.15) is 5.75 Å². The molecule has 2 heterocycles. The highest BCUT2D eigenvalue weighted by Gasteiger charge is 2.54. The average molecular weight is 417 g/mol. The van der Waals surface area contributed by atoms with Gasteiger partial charge < -0.3 is 14.7 Å². The zero-order valence-corrected chi connectivity index (χ0v) is 18.1. The molecule has 2 aliphatic heterocycles. The van der Waals surface area contributed by atoms with E-state index in [0.29, 0.717) is 36.7 Å². The molecule has 2 saturated heterocycles. The van der Waals surface area contributed by atoms with Crippen LogP contribution in [0.25, 0.3) is 0 Å². The van der Waals surface area contributed by atoms with Crippen molar-refractivity contribution >= 4 is 17.7 Å². The Morgan fingerprint density at radius 2 is 1.97 bits per heavy atom. The minimum atomic E-state index is -1.21. The van der Waals surface area contributed by atoms with E-state index in [4.69, 9.17) is 4.74 Å². The van der Waals surface area contributed by atoms with E-state index < -0.39 is 11.5 Å². The van der Waals surface area contributed by atoms with Crippen molar-refractivity contribution in [3.63, 3.8) is 0 Å². The quantitative estimate of drug-likeness (QED) is 0.688. The van der Waals surface area contributed by atoms with Crippen molar-refractivity contribution in [3.05, 3.63) is 29.8 Å². The molecule has 3 amide bonds. The lowest BCUT2D eigenvalue weighted by Crippen LogP contribution is -2.47. The Balaban J connectivity index is 1.91. The van der Waals surface area contributed by atoms with Gasteiger partial charge in [0.25, 0.3) is 0 Å². The minimum absolute atomic E-state index is 0.0155. The first kappa shape index (κ1) is 22.3. The summed E-state index contributed by atoms with van der Waals surface area (Å²) in [5, 5.41) is 9.95. The number of β-amino-alcohol motifs (C(OH)–C–C–N with tert-alkyl or cyclic N) is 1. The summed E-state index contributed by atoms with van der Waals surface area (Å²) in [6.45, 7) is 5.30. The Hall–Kier alpha value is -2.41. The van der Waals surface area contributed by atoms with Crippen molar-refractivity contribution in [3.8, 4) is 5.75 Å². The standard InChI is InChI=1S/C23H32N2O5/c1-16(2)10-12-25-21(28)14-23(22(25)29,17-6-8-19(30-3)9-7-17)13-20(27)24-11-4-5-18(26)15-24/h6-9,16,18,26H,4-5,10-15H2,1-3H3/t18-,23+/m1/s1. The molecule has 0 aliphatic carbocycles. The molecule has 0 bridgehead atoms. The lowest BCUT2D eigenvalue weighted by molar-refractivity contribution is -0.143. The first-order chi connectivity index (χ1) is 14.3. The monoisotopic (exact) mass is 416 g/mol. The van der Waals surface area contributed by atoms with Crippen molar-refractivity contribution < 1.29 is 24.2 Å². The number of likely N-dealkylation sites (tertiary alicyclic amines) is 2. The van der Waals surface area contributed by atoms with E-state index in [-0.39, 0.29) is 37.1 Å². The number of benzene rings is 1. The minimum Gasteiger partial charge on any atom is -0.497 e. The summed E-state index contributed by atoms with van der Waals surface area (Å²) >= 11 is 0. The fourth-order valence-corrected chi connectivity index (χ4v) is 4.34. The SMILES string of the molecule is COc1ccc([C@]2(CC(=O)N3CCC[C@@H](O)C3)CC(=O)N(CCC(C)C)C2=O)cc1. The zero-order chi connectivity index (χ0) is 21.9. The third-order valence-corrected chi connectivity index (χ3v) is 6.18. The summed E-state index contributed by atoms with van der Waals surface area (Å²) in [6, 6.07) is 7.05. The zero-order valence-electron chi connectivity index (χ0n) is 18.1. The number of imide groups is 1. The van der Waals surface area contributed by atoms with Gasteiger partial charge in [-0.1, -0.05) is 26.0 Å². The number of piperidine rings is 1. The van der Waals surface area contributed by atoms with E-state index in [1.807, 2.05) is 13.8 Å². The normalized spacial score (nSPS) is 24.6.